The van der Waals surface area contributed by atoms with Crippen molar-refractivity contribution in [3.63, 3.8) is 0 Å². The Morgan fingerprint density at radius 3 is 1.03 bits per heavy atom. The van der Waals surface area contributed by atoms with Crippen molar-refractivity contribution in [2.24, 2.45) is 23.7 Å². The number of Topliss-reactive ketones (excluding diaryl/α,β-unsaturated/α-hetero) is 2. The molecular weight excluding hydrogens is 408 g/mol. The van der Waals surface area contributed by atoms with Crippen LogP contribution in [0, 0.1) is 23.7 Å². The van der Waals surface area contributed by atoms with Crippen LogP contribution >= 0.6 is 0 Å². The molecule has 0 saturated carbocycles. The molecule has 0 fully saturated rings. The molecule has 2 atom stereocenters. The van der Waals surface area contributed by atoms with E-state index in [0.29, 0.717) is 32.0 Å². The number of carbonyl (C=O) groups is 4. The van der Waals surface area contributed by atoms with Gasteiger partial charge in [-0.3, -0.25) is 9.59 Å². The van der Waals surface area contributed by atoms with E-state index >= 15 is 0 Å². The maximum Gasteiger partial charge on any atom is 0.141 e. The van der Waals surface area contributed by atoms with E-state index in [4.69, 9.17) is 0 Å². The van der Waals surface area contributed by atoms with E-state index in [1.165, 1.54) is 9.45 Å². The largest absolute Gasteiger partial charge is 0.549 e. The second-order valence-electron chi connectivity index (χ2n) is 7.65. The van der Waals surface area contributed by atoms with Crippen LogP contribution in [0.1, 0.15) is 81.1 Å². The second kappa shape index (κ2) is 20.3. The van der Waals surface area contributed by atoms with Crippen molar-refractivity contribution in [2.75, 3.05) is 0 Å². The van der Waals surface area contributed by atoms with E-state index in [-0.39, 0.29) is 24.4 Å². The molecule has 168 valence electrons. The van der Waals surface area contributed by atoms with Gasteiger partial charge in [0.1, 0.15) is 11.6 Å². The van der Waals surface area contributed by atoms with Crippen molar-refractivity contribution < 1.29 is 48.5 Å². The Labute approximate surface area is 186 Å². The average molecular weight is 448 g/mol. The number of carbonyl (C=O) groups excluding carboxylic acids is 4. The first-order valence-corrected chi connectivity index (χ1v) is 12.8. The van der Waals surface area contributed by atoms with Gasteiger partial charge in [-0.05, 0) is 12.8 Å². The first kappa shape index (κ1) is 32.7. The van der Waals surface area contributed by atoms with Crippen molar-refractivity contribution >= 4 is 23.5 Å². The number of ketones is 2. The molecule has 0 N–H and O–H groups in total. The summed E-state index contributed by atoms with van der Waals surface area (Å²) < 4.78 is 3.05. The van der Waals surface area contributed by atoms with Crippen LogP contribution in [0.25, 0.3) is 0 Å². The van der Waals surface area contributed by atoms with Gasteiger partial charge in [-0.1, -0.05) is 27.7 Å². The van der Waals surface area contributed by atoms with Crippen LogP contribution < -0.4 is 10.2 Å². The molecule has 0 aromatic carbocycles. The summed E-state index contributed by atoms with van der Waals surface area (Å²) in [5.41, 5.74) is 0. The minimum absolute atomic E-state index is 0.248. The Morgan fingerprint density at radius 2 is 0.931 bits per heavy atom. The smallest absolute Gasteiger partial charge is 0.141 e. The zero-order valence-corrected chi connectivity index (χ0v) is 21.1. The number of aliphatic carboxylic acids is 2. The van der Waals surface area contributed by atoms with Gasteiger partial charge in [0, 0.05) is 12.8 Å². The fraction of sp³-hybridized carbons (Fsp3) is 0.818. The molecule has 0 aromatic heterocycles. The van der Waals surface area contributed by atoms with E-state index in [1.807, 2.05) is 0 Å². The average Bonchev–Trinajstić information content (AvgIpc) is 2.62. The molecule has 0 bridgehead atoms. The minimum atomic E-state index is -1.26. The molecule has 7 heteroatoms. The van der Waals surface area contributed by atoms with Gasteiger partial charge in [-0.15, -0.1) is 0 Å². The molecule has 0 aliphatic heterocycles. The SMILES string of the molecule is CC(C)[CH2][Ti+2][CH2]C(C)C.CCC(=O)C(CC)C(=O)[O-].CCC(=O)C(CC)C(=O)[O-]. The fourth-order valence-corrected chi connectivity index (χ4v) is 4.27. The molecule has 0 spiro atoms. The van der Waals surface area contributed by atoms with E-state index in [1.54, 1.807) is 27.7 Å². The van der Waals surface area contributed by atoms with Gasteiger partial charge in [0.15, 0.2) is 0 Å². The Morgan fingerprint density at radius 1 is 0.655 bits per heavy atom. The molecule has 0 amide bonds. The fourth-order valence-electron chi connectivity index (χ4n) is 2.21. The summed E-state index contributed by atoms with van der Waals surface area (Å²) >= 11 is 0.426. The molecule has 0 saturated heterocycles. The molecule has 0 aliphatic rings. The first-order valence-electron chi connectivity index (χ1n) is 10.6. The molecule has 29 heavy (non-hydrogen) atoms. The third-order valence-corrected chi connectivity index (χ3v) is 7.42. The standard InChI is InChI=1S/2C7H12O3.2C4H9.Ti/c2*1-3-5(7(9)10)6(8)4-2;2*1-4(2)3;/h2*5H,3-4H2,1-2H3,(H,9,10);2*4H,1H2,2-3H3;/q;;;;+2/p-2. The van der Waals surface area contributed by atoms with Crippen LogP contribution in [0.2, 0.25) is 9.45 Å². The Balaban J connectivity index is -0.000000350. The molecule has 0 aliphatic carbocycles. The monoisotopic (exact) mass is 448 g/mol. The van der Waals surface area contributed by atoms with Gasteiger partial charge in [0.2, 0.25) is 0 Å². The third-order valence-electron chi connectivity index (χ3n) is 3.96. The van der Waals surface area contributed by atoms with Crippen molar-refractivity contribution in [2.45, 2.75) is 90.5 Å². The maximum atomic E-state index is 10.8. The first-order chi connectivity index (χ1) is 13.4. The van der Waals surface area contributed by atoms with Crippen LogP contribution in [-0.4, -0.2) is 23.5 Å². The zero-order valence-electron chi connectivity index (χ0n) is 19.5. The van der Waals surface area contributed by atoms with Crippen molar-refractivity contribution in [1.82, 2.24) is 0 Å². The predicted octanol–water partition coefficient (Wildman–Crippen LogP) is 2.70. The van der Waals surface area contributed by atoms with Crippen LogP contribution in [0.4, 0.5) is 0 Å². The summed E-state index contributed by atoms with van der Waals surface area (Å²) in [6.45, 7) is 15.9. The summed E-state index contributed by atoms with van der Waals surface area (Å²) in [5, 5.41) is 20.4. The summed E-state index contributed by atoms with van der Waals surface area (Å²) in [5.74, 6) is -2.91. The molecule has 6 nitrogen and oxygen atoms in total. The van der Waals surface area contributed by atoms with Gasteiger partial charge in [-0.25, -0.2) is 0 Å². The van der Waals surface area contributed by atoms with Gasteiger partial charge < -0.3 is 19.8 Å². The van der Waals surface area contributed by atoms with Crippen LogP contribution in [0.5, 0.6) is 0 Å². The summed E-state index contributed by atoms with van der Waals surface area (Å²) in [7, 11) is 0. The summed E-state index contributed by atoms with van der Waals surface area (Å²) in [6, 6.07) is 0. The topological polar surface area (TPSA) is 114 Å². The van der Waals surface area contributed by atoms with Crippen molar-refractivity contribution in [1.29, 1.82) is 0 Å². The quantitative estimate of drug-likeness (QED) is 0.335. The molecule has 0 radical (unpaired) electrons. The molecule has 0 heterocycles. The van der Waals surface area contributed by atoms with Gasteiger partial charge in [0.05, 0.1) is 23.8 Å². The molecule has 2 unspecified atom stereocenters. The minimum Gasteiger partial charge on any atom is -0.549 e. The maximum absolute atomic E-state index is 10.8. The number of carboxylic acids is 2. The van der Waals surface area contributed by atoms with Gasteiger partial charge in [0.25, 0.3) is 0 Å². The summed E-state index contributed by atoms with van der Waals surface area (Å²) in [6.07, 6.45) is 1.20. The normalized spacial score (nSPS) is 11.9. The van der Waals surface area contributed by atoms with Gasteiger partial charge in [-0.2, -0.15) is 0 Å². The summed E-state index contributed by atoms with van der Waals surface area (Å²) in [4.78, 5) is 41.9. The Hall–Kier alpha value is -1.01. The Bertz CT molecular complexity index is 432. The van der Waals surface area contributed by atoms with E-state index in [9.17, 15) is 29.4 Å². The van der Waals surface area contributed by atoms with Crippen LogP contribution in [0.15, 0.2) is 0 Å². The zero-order chi connectivity index (χ0) is 23.6. The van der Waals surface area contributed by atoms with Crippen molar-refractivity contribution in [3.05, 3.63) is 0 Å². The predicted molar refractivity (Wildman–Crippen MR) is 107 cm³/mol. The molecule has 0 rings (SSSR count). The number of hydrogen-bond acceptors (Lipinski definition) is 6. The van der Waals surface area contributed by atoms with E-state index < -0.39 is 23.8 Å². The van der Waals surface area contributed by atoms with Crippen molar-refractivity contribution in [3.8, 4) is 0 Å². The third kappa shape index (κ3) is 20.1. The number of carboxylic acid groups (broad SMARTS) is 2. The Kier molecular flexibility index (Phi) is 22.8. The van der Waals surface area contributed by atoms with E-state index in [2.05, 4.69) is 27.7 Å². The molecule has 0 aromatic rings. The van der Waals surface area contributed by atoms with E-state index in [0.717, 1.165) is 11.8 Å². The molecular formula is C22H40O6Ti. The van der Waals surface area contributed by atoms with Crippen LogP contribution in [0.3, 0.4) is 0 Å². The second-order valence-corrected chi connectivity index (χ2v) is 9.70. The number of hydrogen-bond donors (Lipinski definition) is 0. The van der Waals surface area contributed by atoms with Gasteiger partial charge >= 0.3 is 68.1 Å². The van der Waals surface area contributed by atoms with Crippen LogP contribution in [-0.2, 0) is 38.3 Å². The number of rotatable bonds is 12.